The van der Waals surface area contributed by atoms with Crippen molar-refractivity contribution < 1.29 is 14.3 Å². The molecule has 1 aliphatic heterocycles. The lowest BCUT2D eigenvalue weighted by Gasteiger charge is -2.27. The topological polar surface area (TPSA) is 58.6 Å². The smallest absolute Gasteiger partial charge is 0.262 e. The zero-order valence-corrected chi connectivity index (χ0v) is 17.2. The first kappa shape index (κ1) is 20.4. The fourth-order valence-electron chi connectivity index (χ4n) is 3.13. The van der Waals surface area contributed by atoms with Gasteiger partial charge in [-0.05, 0) is 43.2 Å². The molecule has 1 N–H and O–H groups in total. The lowest BCUT2D eigenvalue weighted by atomic mass is 10.1. The number of hydrogen-bond acceptors (Lipinski definition) is 5. The molecule has 1 fully saturated rings. The molecule has 0 saturated carbocycles. The number of benzene rings is 2. The number of thioether (sulfide) groups is 1. The summed E-state index contributed by atoms with van der Waals surface area (Å²) in [6.45, 7) is 6.56. The van der Waals surface area contributed by atoms with Gasteiger partial charge in [0.25, 0.3) is 5.91 Å². The van der Waals surface area contributed by atoms with Gasteiger partial charge in [-0.3, -0.25) is 14.5 Å². The van der Waals surface area contributed by atoms with E-state index in [1.807, 2.05) is 30.8 Å². The van der Waals surface area contributed by atoms with E-state index in [0.717, 1.165) is 30.9 Å². The van der Waals surface area contributed by atoms with Gasteiger partial charge in [0.1, 0.15) is 5.75 Å². The van der Waals surface area contributed by atoms with Crippen LogP contribution < -0.4 is 10.1 Å². The van der Waals surface area contributed by atoms with E-state index in [0.29, 0.717) is 11.3 Å². The molecule has 0 aromatic heterocycles. The molecular weight excluding hydrogens is 372 g/mol. The summed E-state index contributed by atoms with van der Waals surface area (Å²) in [6, 6.07) is 12.9. The van der Waals surface area contributed by atoms with Crippen LogP contribution >= 0.6 is 11.8 Å². The number of anilines is 1. The van der Waals surface area contributed by atoms with Crippen LogP contribution in [0.1, 0.15) is 28.4 Å². The van der Waals surface area contributed by atoms with Crippen molar-refractivity contribution in [2.24, 2.45) is 0 Å². The maximum Gasteiger partial charge on any atom is 0.262 e. The van der Waals surface area contributed by atoms with Gasteiger partial charge < -0.3 is 10.1 Å². The average Bonchev–Trinajstić information content (AvgIpc) is 2.70. The van der Waals surface area contributed by atoms with Crippen molar-refractivity contribution in [3.63, 3.8) is 0 Å². The molecule has 1 heterocycles. The Labute approximate surface area is 170 Å². The van der Waals surface area contributed by atoms with E-state index < -0.39 is 0 Å². The monoisotopic (exact) mass is 398 g/mol. The molecule has 0 spiro atoms. The van der Waals surface area contributed by atoms with Crippen LogP contribution in [0.2, 0.25) is 0 Å². The molecule has 0 atom stereocenters. The standard InChI is InChI=1S/C22H26N2O3S/c1-16-19(14-24-9-11-28-12-10-24)6-4-8-21(16)23-22(26)15-27-20-7-3-5-18(13-20)17(2)25/h3-8,13H,9-12,14-15H2,1-2H3,(H,23,26). The summed E-state index contributed by atoms with van der Waals surface area (Å²) < 4.78 is 5.55. The van der Waals surface area contributed by atoms with Gasteiger partial charge >= 0.3 is 0 Å². The summed E-state index contributed by atoms with van der Waals surface area (Å²) in [7, 11) is 0. The summed E-state index contributed by atoms with van der Waals surface area (Å²) in [5.74, 6) is 2.61. The van der Waals surface area contributed by atoms with Gasteiger partial charge in [-0.2, -0.15) is 11.8 Å². The summed E-state index contributed by atoms with van der Waals surface area (Å²) >= 11 is 2.00. The Bertz CT molecular complexity index is 847. The minimum atomic E-state index is -0.220. The maximum atomic E-state index is 12.3. The third-order valence-corrected chi connectivity index (χ3v) is 5.77. The van der Waals surface area contributed by atoms with Crippen LogP contribution in [0.4, 0.5) is 5.69 Å². The van der Waals surface area contributed by atoms with Crippen LogP contribution in [0, 0.1) is 6.92 Å². The molecule has 28 heavy (non-hydrogen) atoms. The van der Waals surface area contributed by atoms with Crippen LogP contribution in [0.15, 0.2) is 42.5 Å². The maximum absolute atomic E-state index is 12.3. The average molecular weight is 399 g/mol. The Morgan fingerprint density at radius 3 is 2.64 bits per heavy atom. The third kappa shape index (κ3) is 5.59. The Kier molecular flexibility index (Phi) is 7.12. The predicted molar refractivity (Wildman–Crippen MR) is 114 cm³/mol. The summed E-state index contributed by atoms with van der Waals surface area (Å²) in [4.78, 5) is 26.2. The van der Waals surface area contributed by atoms with Gasteiger partial charge in [0.15, 0.2) is 12.4 Å². The number of nitrogens with zero attached hydrogens (tertiary/aromatic N) is 1. The molecule has 0 aliphatic carbocycles. The highest BCUT2D eigenvalue weighted by Crippen LogP contribution is 2.22. The SMILES string of the molecule is CC(=O)c1cccc(OCC(=O)Nc2cccc(CN3CCSCC3)c2C)c1. The minimum Gasteiger partial charge on any atom is -0.484 e. The highest BCUT2D eigenvalue weighted by Gasteiger charge is 2.14. The Morgan fingerprint density at radius 1 is 1.14 bits per heavy atom. The Balaban J connectivity index is 1.58. The van der Waals surface area contributed by atoms with E-state index in [1.165, 1.54) is 24.0 Å². The van der Waals surface area contributed by atoms with Crippen molar-refractivity contribution in [2.45, 2.75) is 20.4 Å². The first-order valence-electron chi connectivity index (χ1n) is 9.45. The van der Waals surface area contributed by atoms with Crippen LogP contribution in [0.5, 0.6) is 5.75 Å². The van der Waals surface area contributed by atoms with Gasteiger partial charge in [-0.15, -0.1) is 0 Å². The first-order valence-corrected chi connectivity index (χ1v) is 10.6. The van der Waals surface area contributed by atoms with Crippen molar-refractivity contribution in [1.82, 2.24) is 4.90 Å². The number of Topliss-reactive ketones (excluding diaryl/α,β-unsaturated/α-hetero) is 1. The minimum absolute atomic E-state index is 0.0327. The molecule has 3 rings (SSSR count). The molecule has 0 radical (unpaired) electrons. The third-order valence-electron chi connectivity index (χ3n) is 4.83. The molecule has 1 saturated heterocycles. The molecule has 2 aromatic carbocycles. The van der Waals surface area contributed by atoms with Gasteiger partial charge in [-0.25, -0.2) is 0 Å². The van der Waals surface area contributed by atoms with Crippen molar-refractivity contribution in [3.8, 4) is 5.75 Å². The van der Waals surface area contributed by atoms with E-state index in [9.17, 15) is 9.59 Å². The van der Waals surface area contributed by atoms with Crippen LogP contribution in [0.25, 0.3) is 0 Å². The molecule has 148 valence electrons. The zero-order chi connectivity index (χ0) is 19.9. The fourth-order valence-corrected chi connectivity index (χ4v) is 4.11. The van der Waals surface area contributed by atoms with Crippen molar-refractivity contribution in [3.05, 3.63) is 59.2 Å². The largest absolute Gasteiger partial charge is 0.484 e. The van der Waals surface area contributed by atoms with E-state index in [4.69, 9.17) is 4.74 Å². The number of ether oxygens (including phenoxy) is 1. The molecule has 1 amide bonds. The van der Waals surface area contributed by atoms with Crippen LogP contribution in [-0.2, 0) is 11.3 Å². The predicted octanol–water partition coefficient (Wildman–Crippen LogP) is 3.76. The van der Waals surface area contributed by atoms with E-state index in [-0.39, 0.29) is 18.3 Å². The van der Waals surface area contributed by atoms with E-state index in [2.05, 4.69) is 16.3 Å². The highest BCUT2D eigenvalue weighted by molar-refractivity contribution is 7.99. The normalized spacial score (nSPS) is 14.5. The zero-order valence-electron chi connectivity index (χ0n) is 16.4. The molecule has 6 heteroatoms. The number of carbonyl (C=O) groups is 2. The van der Waals surface area contributed by atoms with Crippen molar-refractivity contribution >= 4 is 29.1 Å². The Morgan fingerprint density at radius 2 is 1.89 bits per heavy atom. The van der Waals surface area contributed by atoms with Crippen LogP contribution in [-0.4, -0.2) is 47.8 Å². The molecule has 2 aromatic rings. The fraction of sp³-hybridized carbons (Fsp3) is 0.364. The second-order valence-corrected chi connectivity index (χ2v) is 8.12. The summed E-state index contributed by atoms with van der Waals surface area (Å²) in [5.41, 5.74) is 3.71. The number of rotatable bonds is 7. The molecule has 1 aliphatic rings. The van der Waals surface area contributed by atoms with Gasteiger partial charge in [0.2, 0.25) is 0 Å². The lowest BCUT2D eigenvalue weighted by Crippen LogP contribution is -2.32. The number of hydrogen-bond donors (Lipinski definition) is 1. The van der Waals surface area contributed by atoms with E-state index >= 15 is 0 Å². The molecule has 0 bridgehead atoms. The number of nitrogens with one attached hydrogen (secondary N) is 1. The quantitative estimate of drug-likeness (QED) is 0.720. The molecule has 5 nitrogen and oxygen atoms in total. The van der Waals surface area contributed by atoms with Gasteiger partial charge in [0, 0.05) is 42.4 Å². The lowest BCUT2D eigenvalue weighted by molar-refractivity contribution is -0.118. The Hall–Kier alpha value is -2.31. The second kappa shape index (κ2) is 9.75. The second-order valence-electron chi connectivity index (χ2n) is 6.90. The molecule has 0 unspecified atom stereocenters. The highest BCUT2D eigenvalue weighted by atomic mass is 32.2. The first-order chi connectivity index (χ1) is 13.5. The van der Waals surface area contributed by atoms with Crippen molar-refractivity contribution in [1.29, 1.82) is 0 Å². The molecular formula is C22H26N2O3S. The number of ketones is 1. The van der Waals surface area contributed by atoms with Crippen molar-refractivity contribution in [2.75, 3.05) is 36.5 Å². The van der Waals surface area contributed by atoms with Gasteiger partial charge in [0.05, 0.1) is 0 Å². The summed E-state index contributed by atoms with van der Waals surface area (Å²) in [5, 5.41) is 2.94. The number of carbonyl (C=O) groups excluding carboxylic acids is 2. The summed E-state index contributed by atoms with van der Waals surface area (Å²) in [6.07, 6.45) is 0. The number of amides is 1. The van der Waals surface area contributed by atoms with Crippen LogP contribution in [0.3, 0.4) is 0 Å². The van der Waals surface area contributed by atoms with E-state index in [1.54, 1.807) is 24.3 Å². The van der Waals surface area contributed by atoms with Gasteiger partial charge in [-0.1, -0.05) is 24.3 Å².